The maximum atomic E-state index is 10.4. The van der Waals surface area contributed by atoms with E-state index in [4.69, 9.17) is 5.73 Å². The van der Waals surface area contributed by atoms with E-state index in [1.165, 1.54) is 5.57 Å². The summed E-state index contributed by atoms with van der Waals surface area (Å²) in [5.41, 5.74) is 10.2. The molecule has 0 saturated carbocycles. The number of rotatable bonds is 5. The zero-order valence-corrected chi connectivity index (χ0v) is 14.7. The molecule has 7 heteroatoms. The first-order valence-electron chi connectivity index (χ1n) is 8.42. The molecule has 25 heavy (non-hydrogen) atoms. The Hall–Kier alpha value is -1.96. The van der Waals surface area contributed by atoms with E-state index < -0.39 is 0 Å². The Bertz CT molecular complexity index is 782. The summed E-state index contributed by atoms with van der Waals surface area (Å²) in [5, 5.41) is 11.3. The van der Waals surface area contributed by atoms with Crippen molar-refractivity contribution in [3.63, 3.8) is 0 Å². The monoisotopic (exact) mass is 355 g/mol. The third kappa shape index (κ3) is 3.53. The van der Waals surface area contributed by atoms with Gasteiger partial charge in [-0.25, -0.2) is 4.98 Å². The molecule has 4 rings (SSSR count). The summed E-state index contributed by atoms with van der Waals surface area (Å²) in [5.74, 6) is 1.08. The lowest BCUT2D eigenvalue weighted by atomic mass is 10.1. The molecule has 1 saturated heterocycles. The minimum Gasteiger partial charge on any atom is -0.398 e. The molecule has 0 aromatic carbocycles. The highest BCUT2D eigenvalue weighted by Gasteiger charge is 2.32. The van der Waals surface area contributed by atoms with Crippen LogP contribution in [0.15, 0.2) is 42.0 Å². The molecule has 1 fully saturated rings. The van der Waals surface area contributed by atoms with E-state index in [2.05, 4.69) is 25.9 Å². The Labute approximate surface area is 151 Å². The number of β-amino-alcohol motifs (C(OH)–C–C–N with tert-alkyl or cyclic N) is 1. The third-order valence-corrected chi connectivity index (χ3v) is 5.91. The molecule has 0 unspecified atom stereocenters. The van der Waals surface area contributed by atoms with Crippen molar-refractivity contribution < 1.29 is 5.11 Å². The molecular weight excluding hydrogens is 334 g/mol. The van der Waals surface area contributed by atoms with Crippen molar-refractivity contribution >= 4 is 23.0 Å². The number of thioether (sulfide) groups is 1. The molecule has 6 nitrogen and oxygen atoms in total. The standard InChI is InChI=1S/C18H21N5OS/c19-15-3-4-22-18-12(1-2-14(15)18)8-23-9-13(16(24)10-23)11-25-17-7-20-5-6-21-17/h1,3-7,13,16,24H,2,8-11H2,(H2,19,22)/t13-,16-/m1/s1. The minimum absolute atomic E-state index is 0.238. The Morgan fingerprint density at radius 2 is 2.16 bits per heavy atom. The summed E-state index contributed by atoms with van der Waals surface area (Å²) in [6, 6.07) is 1.86. The molecule has 2 aromatic rings. The highest BCUT2D eigenvalue weighted by atomic mass is 32.2. The number of nitrogens with two attached hydrogens (primary N) is 1. The van der Waals surface area contributed by atoms with Crippen molar-refractivity contribution in [3.8, 4) is 0 Å². The van der Waals surface area contributed by atoms with E-state index in [0.717, 1.165) is 47.2 Å². The van der Waals surface area contributed by atoms with Gasteiger partial charge in [-0.15, -0.1) is 11.8 Å². The predicted octanol–water partition coefficient (Wildman–Crippen LogP) is 1.48. The Kier molecular flexibility index (Phi) is 4.70. The van der Waals surface area contributed by atoms with Crippen molar-refractivity contribution in [2.24, 2.45) is 5.92 Å². The second-order valence-corrected chi connectivity index (χ2v) is 7.58. The normalized spacial score (nSPS) is 22.8. The number of nitrogens with zero attached hydrogens (tertiary/aromatic N) is 4. The first-order valence-corrected chi connectivity index (χ1v) is 9.41. The number of allylic oxidation sites excluding steroid dienone is 1. The van der Waals surface area contributed by atoms with Gasteiger partial charge in [-0.05, 0) is 18.1 Å². The van der Waals surface area contributed by atoms with Crippen molar-refractivity contribution in [1.29, 1.82) is 0 Å². The van der Waals surface area contributed by atoms with E-state index in [0.29, 0.717) is 6.54 Å². The maximum Gasteiger partial charge on any atom is 0.114 e. The largest absolute Gasteiger partial charge is 0.398 e. The first kappa shape index (κ1) is 16.5. The van der Waals surface area contributed by atoms with Crippen LogP contribution in [0.2, 0.25) is 0 Å². The molecule has 3 N–H and O–H groups in total. The van der Waals surface area contributed by atoms with Crippen LogP contribution in [-0.4, -0.2) is 56.4 Å². The average Bonchev–Trinajstić information content (AvgIpc) is 3.19. The number of aliphatic hydroxyl groups is 1. The van der Waals surface area contributed by atoms with Crippen molar-refractivity contribution in [3.05, 3.63) is 48.2 Å². The predicted molar refractivity (Wildman–Crippen MR) is 99.0 cm³/mol. The quantitative estimate of drug-likeness (QED) is 0.785. The molecular formula is C18H21N5OS. The Balaban J connectivity index is 1.36. The minimum atomic E-state index is -0.306. The van der Waals surface area contributed by atoms with Gasteiger partial charge in [0, 0.05) is 61.1 Å². The smallest absolute Gasteiger partial charge is 0.114 e. The molecule has 2 aromatic heterocycles. The van der Waals surface area contributed by atoms with Crippen LogP contribution in [0, 0.1) is 5.92 Å². The molecule has 2 atom stereocenters. The lowest BCUT2D eigenvalue weighted by molar-refractivity contribution is 0.151. The van der Waals surface area contributed by atoms with E-state index in [1.807, 2.05) is 6.07 Å². The summed E-state index contributed by atoms with van der Waals surface area (Å²) in [6.07, 6.45) is 9.66. The second-order valence-electron chi connectivity index (χ2n) is 6.54. The van der Waals surface area contributed by atoms with Crippen LogP contribution >= 0.6 is 11.8 Å². The zero-order chi connectivity index (χ0) is 17.2. The van der Waals surface area contributed by atoms with Gasteiger partial charge in [-0.2, -0.15) is 0 Å². The maximum absolute atomic E-state index is 10.4. The topological polar surface area (TPSA) is 88.2 Å². The van der Waals surface area contributed by atoms with Crippen LogP contribution in [0.3, 0.4) is 0 Å². The second kappa shape index (κ2) is 7.11. The van der Waals surface area contributed by atoms with Gasteiger partial charge in [0.2, 0.25) is 0 Å². The van der Waals surface area contributed by atoms with Crippen molar-refractivity contribution in [2.45, 2.75) is 17.6 Å². The fourth-order valence-electron chi connectivity index (χ4n) is 3.49. The molecule has 1 aliphatic heterocycles. The number of aromatic nitrogens is 3. The summed E-state index contributed by atoms with van der Waals surface area (Å²) in [6.45, 7) is 2.39. The third-order valence-electron chi connectivity index (χ3n) is 4.81. The van der Waals surface area contributed by atoms with Crippen molar-refractivity contribution in [1.82, 2.24) is 19.9 Å². The summed E-state index contributed by atoms with van der Waals surface area (Å²) in [4.78, 5) is 15.2. The van der Waals surface area contributed by atoms with Crippen LogP contribution in [0.1, 0.15) is 11.3 Å². The number of aliphatic hydroxyl groups excluding tert-OH is 1. The SMILES string of the molecule is Nc1ccnc2c1CC=C2CN1C[C@H](CSc2cnccn2)[C@H](O)C1. The Morgan fingerprint density at radius 1 is 1.24 bits per heavy atom. The van der Waals surface area contributed by atoms with Crippen LogP contribution in [0.25, 0.3) is 5.57 Å². The van der Waals surface area contributed by atoms with Gasteiger partial charge in [0.15, 0.2) is 0 Å². The number of fused-ring (bicyclic) bond motifs is 1. The fraction of sp³-hybridized carbons (Fsp3) is 0.389. The van der Waals surface area contributed by atoms with Crippen LogP contribution in [0.4, 0.5) is 5.69 Å². The van der Waals surface area contributed by atoms with Gasteiger partial charge < -0.3 is 10.8 Å². The molecule has 0 bridgehead atoms. The summed E-state index contributed by atoms with van der Waals surface area (Å²) >= 11 is 1.65. The Morgan fingerprint density at radius 3 is 3.00 bits per heavy atom. The van der Waals surface area contributed by atoms with E-state index >= 15 is 0 Å². The molecule has 130 valence electrons. The number of hydrogen-bond acceptors (Lipinski definition) is 7. The molecule has 1 aliphatic carbocycles. The van der Waals surface area contributed by atoms with Gasteiger partial charge >= 0.3 is 0 Å². The number of pyridine rings is 1. The summed E-state index contributed by atoms with van der Waals surface area (Å²) < 4.78 is 0. The van der Waals surface area contributed by atoms with E-state index in [9.17, 15) is 5.11 Å². The number of likely N-dealkylation sites (tertiary alicyclic amines) is 1. The number of hydrogen-bond donors (Lipinski definition) is 2. The average molecular weight is 355 g/mol. The zero-order valence-electron chi connectivity index (χ0n) is 13.9. The van der Waals surface area contributed by atoms with Crippen LogP contribution in [-0.2, 0) is 6.42 Å². The molecule has 0 amide bonds. The van der Waals surface area contributed by atoms with E-state index in [1.54, 1.807) is 36.5 Å². The molecule has 0 radical (unpaired) electrons. The van der Waals surface area contributed by atoms with E-state index in [-0.39, 0.29) is 12.0 Å². The van der Waals surface area contributed by atoms with Gasteiger partial charge in [-0.3, -0.25) is 14.9 Å². The van der Waals surface area contributed by atoms with Gasteiger partial charge in [0.05, 0.1) is 18.0 Å². The van der Waals surface area contributed by atoms with Gasteiger partial charge in [0.25, 0.3) is 0 Å². The molecule has 3 heterocycles. The lowest BCUT2D eigenvalue weighted by Gasteiger charge is -2.17. The highest BCUT2D eigenvalue weighted by molar-refractivity contribution is 7.99. The first-order chi connectivity index (χ1) is 12.2. The van der Waals surface area contributed by atoms with Crippen LogP contribution < -0.4 is 5.73 Å². The number of nitrogen functional groups attached to an aromatic ring is 1. The highest BCUT2D eigenvalue weighted by Crippen LogP contribution is 2.32. The molecule has 2 aliphatic rings. The van der Waals surface area contributed by atoms with Crippen LogP contribution in [0.5, 0.6) is 0 Å². The van der Waals surface area contributed by atoms with Gasteiger partial charge in [-0.1, -0.05) is 6.08 Å². The van der Waals surface area contributed by atoms with Gasteiger partial charge in [0.1, 0.15) is 5.03 Å². The number of anilines is 1. The molecule has 0 spiro atoms. The summed E-state index contributed by atoms with van der Waals surface area (Å²) in [7, 11) is 0. The van der Waals surface area contributed by atoms with Crippen molar-refractivity contribution in [2.75, 3.05) is 31.1 Å². The fourth-order valence-corrected chi connectivity index (χ4v) is 4.47. The lowest BCUT2D eigenvalue weighted by Crippen LogP contribution is -2.24.